The number of hydrogen-bond donors (Lipinski definition) is 1. The van der Waals surface area contributed by atoms with Crippen LogP contribution in [0.25, 0.3) is 0 Å². The zero-order valence-electron chi connectivity index (χ0n) is 14.8. The van der Waals surface area contributed by atoms with Gasteiger partial charge in [0.15, 0.2) is 5.82 Å². The van der Waals surface area contributed by atoms with E-state index >= 15 is 0 Å². The Morgan fingerprint density at radius 2 is 2.04 bits per heavy atom. The Morgan fingerprint density at radius 1 is 1.27 bits per heavy atom. The number of anilines is 1. The number of benzene rings is 1. The summed E-state index contributed by atoms with van der Waals surface area (Å²) in [6.07, 6.45) is 3.33. The Kier molecular flexibility index (Phi) is 4.24. The van der Waals surface area contributed by atoms with Gasteiger partial charge in [0.2, 0.25) is 5.91 Å². The highest BCUT2D eigenvalue weighted by Crippen LogP contribution is 2.38. The average Bonchev–Trinajstić information content (AvgIpc) is 3.19. The van der Waals surface area contributed by atoms with Gasteiger partial charge in [-0.15, -0.1) is 0 Å². The Balaban J connectivity index is 1.56. The third-order valence-corrected chi connectivity index (χ3v) is 5.29. The van der Waals surface area contributed by atoms with E-state index in [1.54, 1.807) is 24.0 Å². The van der Waals surface area contributed by atoms with Gasteiger partial charge < -0.3 is 15.0 Å². The Morgan fingerprint density at radius 3 is 2.73 bits per heavy atom. The van der Waals surface area contributed by atoms with Crippen molar-refractivity contribution in [3.8, 4) is 0 Å². The fraction of sp³-hybridized carbons (Fsp3) is 0.421. The van der Waals surface area contributed by atoms with Gasteiger partial charge in [-0.1, -0.05) is 18.2 Å². The topological polar surface area (TPSA) is 76.5 Å². The molecular formula is C19H22N4O3. The molecule has 0 radical (unpaired) electrons. The Labute approximate surface area is 151 Å². The van der Waals surface area contributed by atoms with Crippen LogP contribution in [0.1, 0.15) is 35.2 Å². The normalized spacial score (nSPS) is 18.7. The minimum Gasteiger partial charge on any atom is -0.381 e. The number of fused-ring (bicyclic) bond motifs is 1. The van der Waals surface area contributed by atoms with E-state index in [9.17, 15) is 9.59 Å². The van der Waals surface area contributed by atoms with Crippen molar-refractivity contribution in [3.05, 3.63) is 47.7 Å². The van der Waals surface area contributed by atoms with Crippen LogP contribution in [-0.2, 0) is 23.1 Å². The minimum absolute atomic E-state index is 0.00753. The molecule has 0 aliphatic carbocycles. The highest BCUT2D eigenvalue weighted by molar-refractivity contribution is 5.99. The van der Waals surface area contributed by atoms with Crippen molar-refractivity contribution in [3.63, 3.8) is 0 Å². The first-order valence-electron chi connectivity index (χ1n) is 8.85. The molecule has 0 spiro atoms. The van der Waals surface area contributed by atoms with Crippen LogP contribution in [0.15, 0.2) is 36.5 Å². The van der Waals surface area contributed by atoms with Crippen LogP contribution in [0, 0.1) is 0 Å². The summed E-state index contributed by atoms with van der Waals surface area (Å²) in [5.41, 5.74) is 1.24. The molecule has 26 heavy (non-hydrogen) atoms. The molecule has 1 aromatic heterocycles. The first-order chi connectivity index (χ1) is 12.6. The van der Waals surface area contributed by atoms with Gasteiger partial charge in [-0.2, -0.15) is 5.10 Å². The standard InChI is InChI=1S/C19H22N4O3/c1-22-9-6-16(21-22)20-17(24)12-19(7-10-26-11-8-19)23-13-14-4-2-3-5-15(14)18(23)25/h2-6,9H,7-8,10-13H2,1H3,(H,20,21,24). The molecule has 2 amide bonds. The van der Waals surface area contributed by atoms with Crippen LogP contribution in [0.4, 0.5) is 5.82 Å². The molecule has 2 aromatic rings. The number of hydrogen-bond acceptors (Lipinski definition) is 4. The number of nitrogens with one attached hydrogen (secondary N) is 1. The summed E-state index contributed by atoms with van der Waals surface area (Å²) in [5, 5.41) is 7.04. The van der Waals surface area contributed by atoms with Crippen molar-refractivity contribution >= 4 is 17.6 Å². The monoisotopic (exact) mass is 354 g/mol. The van der Waals surface area contributed by atoms with Crippen LogP contribution < -0.4 is 5.32 Å². The predicted octanol–water partition coefficient (Wildman–Crippen LogP) is 1.95. The van der Waals surface area contributed by atoms with Gasteiger partial charge in [0.25, 0.3) is 5.91 Å². The van der Waals surface area contributed by atoms with Gasteiger partial charge in [-0.25, -0.2) is 0 Å². The molecule has 7 nitrogen and oxygen atoms in total. The maximum atomic E-state index is 13.0. The predicted molar refractivity (Wildman–Crippen MR) is 95.6 cm³/mol. The van der Waals surface area contributed by atoms with E-state index < -0.39 is 5.54 Å². The molecule has 1 N–H and O–H groups in total. The van der Waals surface area contributed by atoms with E-state index in [4.69, 9.17) is 4.74 Å². The van der Waals surface area contributed by atoms with Gasteiger partial charge in [0.05, 0.1) is 12.0 Å². The smallest absolute Gasteiger partial charge is 0.254 e. The molecule has 0 atom stereocenters. The summed E-state index contributed by atoms with van der Waals surface area (Å²) in [7, 11) is 1.80. The summed E-state index contributed by atoms with van der Waals surface area (Å²) in [6.45, 7) is 1.65. The lowest BCUT2D eigenvalue weighted by Crippen LogP contribution is -2.54. The van der Waals surface area contributed by atoms with Gasteiger partial charge >= 0.3 is 0 Å². The maximum Gasteiger partial charge on any atom is 0.254 e. The second kappa shape index (κ2) is 6.57. The SMILES string of the molecule is Cn1ccc(NC(=O)CC2(N3Cc4ccccc4C3=O)CCOCC2)n1. The third-order valence-electron chi connectivity index (χ3n) is 5.29. The molecule has 0 saturated carbocycles. The van der Waals surface area contributed by atoms with Gasteiger partial charge in [-0.05, 0) is 24.5 Å². The quantitative estimate of drug-likeness (QED) is 0.911. The van der Waals surface area contributed by atoms with Crippen molar-refractivity contribution in [1.29, 1.82) is 0 Å². The van der Waals surface area contributed by atoms with Crippen molar-refractivity contribution < 1.29 is 14.3 Å². The van der Waals surface area contributed by atoms with Crippen LogP contribution >= 0.6 is 0 Å². The second-order valence-electron chi connectivity index (χ2n) is 6.98. The van der Waals surface area contributed by atoms with E-state index in [1.807, 2.05) is 29.2 Å². The molecular weight excluding hydrogens is 332 g/mol. The minimum atomic E-state index is -0.521. The molecule has 3 heterocycles. The molecule has 136 valence electrons. The highest BCUT2D eigenvalue weighted by Gasteiger charge is 2.46. The molecule has 2 aliphatic heterocycles. The van der Waals surface area contributed by atoms with Gasteiger partial charge in [0.1, 0.15) is 0 Å². The summed E-state index contributed by atoms with van der Waals surface area (Å²) >= 11 is 0. The molecule has 7 heteroatoms. The number of rotatable bonds is 4. The van der Waals surface area contributed by atoms with E-state index in [-0.39, 0.29) is 18.2 Å². The third kappa shape index (κ3) is 2.99. The van der Waals surface area contributed by atoms with E-state index in [2.05, 4.69) is 10.4 Å². The van der Waals surface area contributed by atoms with Crippen molar-refractivity contribution in [2.75, 3.05) is 18.5 Å². The Bertz CT molecular complexity index is 839. The lowest BCUT2D eigenvalue weighted by atomic mass is 9.84. The summed E-state index contributed by atoms with van der Waals surface area (Å²) in [4.78, 5) is 27.5. The number of carbonyl (C=O) groups is 2. The number of nitrogens with zero attached hydrogens (tertiary/aromatic N) is 3. The second-order valence-corrected chi connectivity index (χ2v) is 6.98. The van der Waals surface area contributed by atoms with Crippen LogP contribution in [0.2, 0.25) is 0 Å². The lowest BCUT2D eigenvalue weighted by molar-refractivity contribution is -0.120. The fourth-order valence-electron chi connectivity index (χ4n) is 3.90. The maximum absolute atomic E-state index is 13.0. The number of carbonyl (C=O) groups excluding carboxylic acids is 2. The molecule has 1 aromatic carbocycles. The lowest BCUT2D eigenvalue weighted by Gasteiger charge is -2.44. The molecule has 1 fully saturated rings. The van der Waals surface area contributed by atoms with Crippen LogP contribution in [0.5, 0.6) is 0 Å². The fourth-order valence-corrected chi connectivity index (χ4v) is 3.90. The van der Waals surface area contributed by atoms with Gasteiger partial charge in [0, 0.05) is 44.6 Å². The molecule has 0 unspecified atom stereocenters. The zero-order chi connectivity index (χ0) is 18.1. The van der Waals surface area contributed by atoms with E-state index in [0.717, 1.165) is 11.1 Å². The van der Waals surface area contributed by atoms with E-state index in [0.29, 0.717) is 38.4 Å². The summed E-state index contributed by atoms with van der Waals surface area (Å²) in [5.74, 6) is 0.401. The van der Waals surface area contributed by atoms with Crippen molar-refractivity contribution in [1.82, 2.24) is 14.7 Å². The molecule has 1 saturated heterocycles. The number of ether oxygens (including phenoxy) is 1. The first kappa shape index (κ1) is 16.8. The average molecular weight is 354 g/mol. The molecule has 0 bridgehead atoms. The largest absolute Gasteiger partial charge is 0.381 e. The number of aromatic nitrogens is 2. The van der Waals surface area contributed by atoms with E-state index in [1.165, 1.54) is 0 Å². The summed E-state index contributed by atoms with van der Waals surface area (Å²) in [6, 6.07) is 9.42. The number of amides is 2. The van der Waals surface area contributed by atoms with Gasteiger partial charge in [-0.3, -0.25) is 14.3 Å². The summed E-state index contributed by atoms with van der Waals surface area (Å²) < 4.78 is 7.15. The Hall–Kier alpha value is -2.67. The van der Waals surface area contributed by atoms with Crippen LogP contribution in [0.3, 0.4) is 0 Å². The van der Waals surface area contributed by atoms with Crippen LogP contribution in [-0.4, -0.2) is 45.2 Å². The number of aryl methyl sites for hydroxylation is 1. The zero-order valence-corrected chi connectivity index (χ0v) is 14.8. The van der Waals surface area contributed by atoms with Crippen molar-refractivity contribution in [2.24, 2.45) is 7.05 Å². The first-order valence-corrected chi connectivity index (χ1v) is 8.85. The molecule has 2 aliphatic rings. The van der Waals surface area contributed by atoms with Crippen molar-refractivity contribution in [2.45, 2.75) is 31.3 Å². The highest BCUT2D eigenvalue weighted by atomic mass is 16.5. The molecule has 4 rings (SSSR count).